The average Bonchev–Trinajstić information content (AvgIpc) is 2.40. The molecule has 2 nitrogen and oxygen atoms in total. The van der Waals surface area contributed by atoms with Gasteiger partial charge in [0.2, 0.25) is 5.91 Å². The Hall–Kier alpha value is -2.09. The number of hydrogen-bond donors (Lipinski definition) is 1. The Morgan fingerprint density at radius 3 is 2.11 bits per heavy atom. The van der Waals surface area contributed by atoms with Crippen molar-refractivity contribution in [1.82, 2.24) is 0 Å². The van der Waals surface area contributed by atoms with Crippen molar-refractivity contribution in [3.8, 4) is 0 Å². The number of carbonyl (C=O) groups is 1. The maximum Gasteiger partial charge on any atom is 0.234 e. The first-order valence-corrected chi connectivity index (χ1v) is 6.44. The van der Waals surface area contributed by atoms with Gasteiger partial charge in [0.15, 0.2) is 0 Å². The third kappa shape index (κ3) is 3.02. The third-order valence-corrected chi connectivity index (χ3v) is 3.37. The van der Waals surface area contributed by atoms with E-state index < -0.39 is 5.41 Å². The summed E-state index contributed by atoms with van der Waals surface area (Å²) >= 11 is 0. The van der Waals surface area contributed by atoms with Crippen LogP contribution in [-0.4, -0.2) is 5.91 Å². The van der Waals surface area contributed by atoms with Gasteiger partial charge in [-0.15, -0.1) is 0 Å². The van der Waals surface area contributed by atoms with E-state index in [1.54, 1.807) is 0 Å². The molecule has 0 unspecified atom stereocenters. The topological polar surface area (TPSA) is 29.1 Å². The highest BCUT2D eigenvalue weighted by Crippen LogP contribution is 2.25. The molecule has 98 valence electrons. The summed E-state index contributed by atoms with van der Waals surface area (Å²) in [5.41, 5.74) is 2.49. The van der Waals surface area contributed by atoms with Gasteiger partial charge in [0, 0.05) is 5.69 Å². The predicted molar refractivity (Wildman–Crippen MR) is 79.3 cm³/mol. The van der Waals surface area contributed by atoms with Crippen molar-refractivity contribution in [3.63, 3.8) is 0 Å². The molecule has 2 aromatic rings. The maximum atomic E-state index is 12.4. The molecular formula is C17H19NO. The van der Waals surface area contributed by atoms with E-state index in [0.29, 0.717) is 0 Å². The molecule has 0 radical (unpaired) electrons. The lowest BCUT2D eigenvalue weighted by Crippen LogP contribution is -2.34. The summed E-state index contributed by atoms with van der Waals surface area (Å²) in [7, 11) is 0. The zero-order valence-electron chi connectivity index (χ0n) is 11.6. The second kappa shape index (κ2) is 5.27. The zero-order chi connectivity index (χ0) is 13.9. The van der Waals surface area contributed by atoms with Gasteiger partial charge in [0.05, 0.1) is 5.41 Å². The molecule has 0 aromatic heterocycles. The smallest absolute Gasteiger partial charge is 0.234 e. The Kier molecular flexibility index (Phi) is 3.70. The van der Waals surface area contributed by atoms with Crippen molar-refractivity contribution in [2.45, 2.75) is 26.2 Å². The second-order valence-corrected chi connectivity index (χ2v) is 5.31. The highest BCUT2D eigenvalue weighted by atomic mass is 16.2. The van der Waals surface area contributed by atoms with Crippen LogP contribution in [-0.2, 0) is 10.2 Å². The van der Waals surface area contributed by atoms with Crippen LogP contribution >= 0.6 is 0 Å². The first-order chi connectivity index (χ1) is 9.00. The van der Waals surface area contributed by atoms with Crippen LogP contribution in [0.1, 0.15) is 25.0 Å². The van der Waals surface area contributed by atoms with Crippen LogP contribution in [0.4, 0.5) is 5.69 Å². The summed E-state index contributed by atoms with van der Waals surface area (Å²) in [6, 6.07) is 17.6. The van der Waals surface area contributed by atoms with Crippen molar-refractivity contribution in [2.24, 2.45) is 0 Å². The van der Waals surface area contributed by atoms with Crippen molar-refractivity contribution >= 4 is 11.6 Å². The Bertz CT molecular complexity index is 556. The van der Waals surface area contributed by atoms with Gasteiger partial charge < -0.3 is 5.32 Å². The van der Waals surface area contributed by atoms with Gasteiger partial charge in [0.25, 0.3) is 0 Å². The van der Waals surface area contributed by atoms with E-state index in [1.165, 1.54) is 5.56 Å². The molecule has 0 atom stereocenters. The molecular weight excluding hydrogens is 234 g/mol. The molecule has 0 aliphatic heterocycles. The summed E-state index contributed by atoms with van der Waals surface area (Å²) in [5.74, 6) is 0.00236. The summed E-state index contributed by atoms with van der Waals surface area (Å²) in [4.78, 5) is 12.4. The fraction of sp³-hybridized carbons (Fsp3) is 0.235. The van der Waals surface area contributed by atoms with Crippen molar-refractivity contribution in [3.05, 3.63) is 65.7 Å². The van der Waals surface area contributed by atoms with E-state index in [9.17, 15) is 4.79 Å². The Labute approximate surface area is 114 Å². The highest BCUT2D eigenvalue weighted by molar-refractivity contribution is 5.98. The highest BCUT2D eigenvalue weighted by Gasteiger charge is 2.29. The number of anilines is 1. The zero-order valence-corrected chi connectivity index (χ0v) is 11.6. The molecule has 0 heterocycles. The first-order valence-electron chi connectivity index (χ1n) is 6.44. The van der Waals surface area contributed by atoms with Crippen LogP contribution in [0.25, 0.3) is 0 Å². The quantitative estimate of drug-likeness (QED) is 0.882. The van der Waals surface area contributed by atoms with Crippen LogP contribution in [0.15, 0.2) is 54.6 Å². The fourth-order valence-electron chi connectivity index (χ4n) is 1.91. The van der Waals surface area contributed by atoms with Crippen LogP contribution in [0.2, 0.25) is 0 Å². The van der Waals surface area contributed by atoms with Crippen LogP contribution in [0.3, 0.4) is 0 Å². The van der Waals surface area contributed by atoms with E-state index in [4.69, 9.17) is 0 Å². The lowest BCUT2D eigenvalue weighted by atomic mass is 9.83. The van der Waals surface area contributed by atoms with Crippen molar-refractivity contribution < 1.29 is 4.79 Å². The Balaban J connectivity index is 2.19. The largest absolute Gasteiger partial charge is 0.325 e. The molecule has 0 bridgehead atoms. The van der Waals surface area contributed by atoms with E-state index in [2.05, 4.69) is 5.32 Å². The second-order valence-electron chi connectivity index (χ2n) is 5.31. The molecule has 0 aliphatic carbocycles. The molecule has 2 rings (SSSR count). The van der Waals surface area contributed by atoms with Gasteiger partial charge in [-0.25, -0.2) is 0 Å². The number of benzene rings is 2. The van der Waals surface area contributed by atoms with Gasteiger partial charge in [-0.2, -0.15) is 0 Å². The van der Waals surface area contributed by atoms with Crippen LogP contribution < -0.4 is 5.32 Å². The number of para-hydroxylation sites is 1. The minimum Gasteiger partial charge on any atom is -0.325 e. The molecule has 1 N–H and O–H groups in total. The number of hydrogen-bond acceptors (Lipinski definition) is 1. The monoisotopic (exact) mass is 253 g/mol. The van der Waals surface area contributed by atoms with E-state index in [0.717, 1.165) is 11.3 Å². The molecule has 1 amide bonds. The van der Waals surface area contributed by atoms with E-state index in [1.807, 2.05) is 75.4 Å². The minimum absolute atomic E-state index is 0.00236. The molecule has 0 fully saturated rings. The number of nitrogens with one attached hydrogen (secondary N) is 1. The molecule has 0 aliphatic rings. The van der Waals surface area contributed by atoms with Gasteiger partial charge >= 0.3 is 0 Å². The van der Waals surface area contributed by atoms with Crippen LogP contribution in [0.5, 0.6) is 0 Å². The average molecular weight is 253 g/mol. The maximum absolute atomic E-state index is 12.4. The summed E-state index contributed by atoms with van der Waals surface area (Å²) in [6.45, 7) is 5.92. The molecule has 2 aromatic carbocycles. The summed E-state index contributed by atoms with van der Waals surface area (Å²) < 4.78 is 0. The lowest BCUT2D eigenvalue weighted by molar-refractivity contribution is -0.120. The van der Waals surface area contributed by atoms with Gasteiger partial charge in [-0.05, 0) is 38.5 Å². The predicted octanol–water partition coefficient (Wildman–Crippen LogP) is 3.91. The fourth-order valence-corrected chi connectivity index (χ4v) is 1.91. The standard InChI is InChI=1S/C17H19NO/c1-13-9-11-14(12-10-13)17(2,3)16(19)18-15-7-5-4-6-8-15/h4-12H,1-3H3,(H,18,19). The normalized spacial score (nSPS) is 11.1. The number of rotatable bonds is 3. The van der Waals surface area contributed by atoms with Gasteiger partial charge in [-0.3, -0.25) is 4.79 Å². The SMILES string of the molecule is Cc1ccc(C(C)(C)C(=O)Nc2ccccc2)cc1. The molecule has 0 saturated carbocycles. The number of amides is 1. The Morgan fingerprint density at radius 2 is 1.53 bits per heavy atom. The minimum atomic E-state index is -0.552. The van der Waals surface area contributed by atoms with Crippen molar-refractivity contribution in [2.75, 3.05) is 5.32 Å². The molecule has 2 heteroatoms. The summed E-state index contributed by atoms with van der Waals surface area (Å²) in [6.07, 6.45) is 0. The summed E-state index contributed by atoms with van der Waals surface area (Å²) in [5, 5.41) is 2.96. The molecule has 19 heavy (non-hydrogen) atoms. The number of carbonyl (C=O) groups excluding carboxylic acids is 1. The Morgan fingerprint density at radius 1 is 0.947 bits per heavy atom. The first kappa shape index (κ1) is 13.3. The van der Waals surface area contributed by atoms with E-state index in [-0.39, 0.29) is 5.91 Å². The van der Waals surface area contributed by atoms with Gasteiger partial charge in [-0.1, -0.05) is 48.0 Å². The van der Waals surface area contributed by atoms with Gasteiger partial charge in [0.1, 0.15) is 0 Å². The van der Waals surface area contributed by atoms with Crippen LogP contribution in [0, 0.1) is 6.92 Å². The molecule has 0 spiro atoms. The lowest BCUT2D eigenvalue weighted by Gasteiger charge is -2.24. The van der Waals surface area contributed by atoms with Crippen molar-refractivity contribution in [1.29, 1.82) is 0 Å². The number of aryl methyl sites for hydroxylation is 1. The third-order valence-electron chi connectivity index (χ3n) is 3.37. The van der Waals surface area contributed by atoms with E-state index >= 15 is 0 Å². The molecule has 0 saturated heterocycles.